The Morgan fingerprint density at radius 1 is 1.20 bits per heavy atom. The van der Waals surface area contributed by atoms with E-state index in [0.29, 0.717) is 11.1 Å². The van der Waals surface area contributed by atoms with E-state index in [1.807, 2.05) is 24.3 Å². The third kappa shape index (κ3) is 2.18. The van der Waals surface area contributed by atoms with Gasteiger partial charge in [-0.05, 0) is 11.6 Å². The van der Waals surface area contributed by atoms with E-state index >= 15 is 0 Å². The molecule has 6 heteroatoms. The predicted molar refractivity (Wildman–Crippen MR) is 76.5 cm³/mol. The molecule has 3 N–H and O–H groups in total. The minimum atomic E-state index is 0.161. The molecule has 5 nitrogen and oxygen atoms in total. The number of H-pyrrole nitrogens is 1. The van der Waals surface area contributed by atoms with E-state index in [4.69, 9.17) is 10.5 Å². The van der Waals surface area contributed by atoms with Gasteiger partial charge in [0.15, 0.2) is 5.56 Å². The number of aromatic nitrogens is 1. The molecule has 0 bridgehead atoms. The zero-order valence-corrected chi connectivity index (χ0v) is 12.2. The third-order valence-electron chi connectivity index (χ3n) is 2.82. The van der Waals surface area contributed by atoms with Crippen LogP contribution in [0.1, 0.15) is 11.1 Å². The van der Waals surface area contributed by atoms with Crippen molar-refractivity contribution < 1.29 is 9.72 Å². The molecule has 1 aromatic carbocycles. The fraction of sp³-hybridized carbons (Fsp3) is 0.0714. The number of rotatable bonds is 2. The van der Waals surface area contributed by atoms with Crippen LogP contribution < -0.4 is 15.5 Å². The van der Waals surface area contributed by atoms with Crippen molar-refractivity contribution in [1.29, 1.82) is 10.5 Å². The first-order valence-electron chi connectivity index (χ1n) is 5.61. The molecule has 0 amide bonds. The first kappa shape index (κ1) is 13.9. The average Bonchev–Trinajstić information content (AvgIpc) is 2.46. The monoisotopic (exact) mass is 329 g/mol. The summed E-state index contributed by atoms with van der Waals surface area (Å²) >= 11 is 3.42. The average molecular weight is 330 g/mol. The number of halogens is 1. The van der Waals surface area contributed by atoms with Crippen LogP contribution in [0.25, 0.3) is 11.1 Å². The zero-order valence-electron chi connectivity index (χ0n) is 10.6. The van der Waals surface area contributed by atoms with Crippen LogP contribution in [0.5, 0.6) is 5.88 Å². The molecule has 1 heterocycles. The standard InChI is InChI=1S/C14H9BrN4O/c1-20-14-10(7-17)12(9(6-16)13(18)19-14)8-4-2-3-5-11(8)15/h2-5H,1H3,(H2,18,19)/p+1. The van der Waals surface area contributed by atoms with Crippen molar-refractivity contribution in [1.82, 2.24) is 0 Å². The molecule has 20 heavy (non-hydrogen) atoms. The van der Waals surface area contributed by atoms with Crippen LogP contribution in [0.2, 0.25) is 0 Å². The second-order valence-corrected chi connectivity index (χ2v) is 4.75. The lowest BCUT2D eigenvalue weighted by Crippen LogP contribution is -2.18. The number of nitrogens with zero attached hydrogens (tertiary/aromatic N) is 2. The highest BCUT2D eigenvalue weighted by atomic mass is 79.9. The number of nitrogens with one attached hydrogen (secondary N) is 1. The minimum Gasteiger partial charge on any atom is -0.465 e. The number of hydrogen-bond acceptors (Lipinski definition) is 4. The lowest BCUT2D eigenvalue weighted by atomic mass is 9.96. The van der Waals surface area contributed by atoms with E-state index in [9.17, 15) is 10.5 Å². The van der Waals surface area contributed by atoms with Gasteiger partial charge in [0.2, 0.25) is 0 Å². The number of aromatic amines is 1. The molecular weight excluding hydrogens is 320 g/mol. The first-order valence-corrected chi connectivity index (χ1v) is 6.41. The Kier molecular flexibility index (Phi) is 3.88. The molecular formula is C14H10BrN4O+. The summed E-state index contributed by atoms with van der Waals surface area (Å²) in [7, 11) is 1.43. The van der Waals surface area contributed by atoms with Gasteiger partial charge in [-0.1, -0.05) is 34.1 Å². The van der Waals surface area contributed by atoms with Gasteiger partial charge < -0.3 is 4.74 Å². The minimum absolute atomic E-state index is 0.161. The maximum atomic E-state index is 9.38. The SMILES string of the molecule is COc1[nH+]c(N)c(C#N)c(-c2ccccc2Br)c1C#N. The Bertz CT molecular complexity index is 759. The summed E-state index contributed by atoms with van der Waals surface area (Å²) in [4.78, 5) is 2.72. The Morgan fingerprint density at radius 3 is 2.40 bits per heavy atom. The van der Waals surface area contributed by atoms with Crippen molar-refractivity contribution in [2.24, 2.45) is 0 Å². The quantitative estimate of drug-likeness (QED) is 0.913. The van der Waals surface area contributed by atoms with Gasteiger partial charge in [0.05, 0.1) is 7.11 Å². The molecule has 0 spiro atoms. The van der Waals surface area contributed by atoms with E-state index in [-0.39, 0.29) is 22.8 Å². The van der Waals surface area contributed by atoms with Crippen molar-refractivity contribution in [2.75, 3.05) is 12.8 Å². The van der Waals surface area contributed by atoms with Crippen LogP contribution in [0.4, 0.5) is 5.82 Å². The summed E-state index contributed by atoms with van der Waals surface area (Å²) in [5.74, 6) is 0.392. The summed E-state index contributed by atoms with van der Waals surface area (Å²) in [6, 6.07) is 11.4. The number of methoxy groups -OCH3 is 1. The summed E-state index contributed by atoms with van der Waals surface area (Å²) in [6.07, 6.45) is 0. The van der Waals surface area contributed by atoms with Crippen molar-refractivity contribution in [3.8, 4) is 29.1 Å². The van der Waals surface area contributed by atoms with Gasteiger partial charge >= 0.3 is 5.88 Å². The Labute approximate surface area is 124 Å². The fourth-order valence-electron chi connectivity index (χ4n) is 1.93. The first-order chi connectivity index (χ1) is 9.63. The summed E-state index contributed by atoms with van der Waals surface area (Å²) in [6.45, 7) is 0. The maximum Gasteiger partial charge on any atom is 0.300 e. The number of pyridine rings is 1. The molecule has 0 aliphatic carbocycles. The highest BCUT2D eigenvalue weighted by Crippen LogP contribution is 2.36. The van der Waals surface area contributed by atoms with Gasteiger partial charge in [0.1, 0.15) is 17.7 Å². The number of nitrogens with two attached hydrogens (primary N) is 1. The lowest BCUT2D eigenvalue weighted by Gasteiger charge is -2.10. The Morgan fingerprint density at radius 2 is 1.85 bits per heavy atom. The molecule has 2 rings (SSSR count). The van der Waals surface area contributed by atoms with Gasteiger partial charge in [-0.3, -0.25) is 5.73 Å². The number of nitriles is 2. The van der Waals surface area contributed by atoms with Gasteiger partial charge in [-0.25, -0.2) is 4.98 Å². The van der Waals surface area contributed by atoms with Gasteiger partial charge in [0.25, 0.3) is 5.82 Å². The lowest BCUT2D eigenvalue weighted by molar-refractivity contribution is -0.376. The summed E-state index contributed by atoms with van der Waals surface area (Å²) in [5, 5.41) is 18.7. The van der Waals surface area contributed by atoms with Crippen molar-refractivity contribution in [3.05, 3.63) is 39.9 Å². The maximum absolute atomic E-state index is 9.38. The summed E-state index contributed by atoms with van der Waals surface area (Å²) < 4.78 is 5.90. The second-order valence-electron chi connectivity index (χ2n) is 3.90. The van der Waals surface area contributed by atoms with Crippen molar-refractivity contribution in [2.45, 2.75) is 0 Å². The zero-order chi connectivity index (χ0) is 14.7. The molecule has 1 aromatic heterocycles. The molecule has 0 aliphatic heterocycles. The van der Waals surface area contributed by atoms with Gasteiger partial charge in [-0.2, -0.15) is 10.5 Å². The van der Waals surface area contributed by atoms with E-state index < -0.39 is 0 Å². The van der Waals surface area contributed by atoms with E-state index in [0.717, 1.165) is 4.47 Å². The fourth-order valence-corrected chi connectivity index (χ4v) is 2.41. The van der Waals surface area contributed by atoms with E-state index in [1.165, 1.54) is 7.11 Å². The molecule has 0 atom stereocenters. The molecule has 0 fully saturated rings. The highest BCUT2D eigenvalue weighted by molar-refractivity contribution is 9.10. The molecule has 98 valence electrons. The normalized spacial score (nSPS) is 9.60. The predicted octanol–water partition coefficient (Wildman–Crippen LogP) is 2.26. The number of hydrogen-bond donors (Lipinski definition) is 1. The molecule has 0 saturated carbocycles. The van der Waals surface area contributed by atoms with Crippen LogP contribution in [-0.2, 0) is 0 Å². The van der Waals surface area contributed by atoms with Gasteiger partial charge in [-0.15, -0.1) is 0 Å². The van der Waals surface area contributed by atoms with Crippen LogP contribution >= 0.6 is 15.9 Å². The highest BCUT2D eigenvalue weighted by Gasteiger charge is 2.25. The summed E-state index contributed by atoms with van der Waals surface area (Å²) in [5.41, 5.74) is 7.46. The van der Waals surface area contributed by atoms with Crippen molar-refractivity contribution >= 4 is 21.7 Å². The Balaban J connectivity index is 2.94. The van der Waals surface area contributed by atoms with Gasteiger partial charge in [0, 0.05) is 10.0 Å². The number of nitrogen functional groups attached to an aromatic ring is 1. The van der Waals surface area contributed by atoms with E-state index in [1.54, 1.807) is 6.07 Å². The van der Waals surface area contributed by atoms with Crippen LogP contribution in [0, 0.1) is 22.7 Å². The number of anilines is 1. The second kappa shape index (κ2) is 5.60. The molecule has 0 aliphatic rings. The van der Waals surface area contributed by atoms with Crippen molar-refractivity contribution in [3.63, 3.8) is 0 Å². The topological polar surface area (TPSA) is 97.0 Å². The smallest absolute Gasteiger partial charge is 0.300 e. The van der Waals surface area contributed by atoms with Crippen LogP contribution in [0.3, 0.4) is 0 Å². The molecule has 0 radical (unpaired) electrons. The molecule has 2 aromatic rings. The molecule has 0 unspecified atom stereocenters. The van der Waals surface area contributed by atoms with Crippen LogP contribution in [-0.4, -0.2) is 7.11 Å². The Hall–Kier alpha value is -2.57. The van der Waals surface area contributed by atoms with E-state index in [2.05, 4.69) is 27.0 Å². The number of ether oxygens (including phenoxy) is 1. The van der Waals surface area contributed by atoms with Crippen LogP contribution in [0.15, 0.2) is 28.7 Å². The third-order valence-corrected chi connectivity index (χ3v) is 3.51. The number of benzene rings is 1. The molecule has 0 saturated heterocycles. The largest absolute Gasteiger partial charge is 0.465 e.